The molecule has 2 amide bonds. The molecule has 0 bridgehead atoms. The number of pyridine rings is 1. The van der Waals surface area contributed by atoms with E-state index in [0.29, 0.717) is 5.56 Å². The Kier molecular flexibility index (Phi) is 7.17. The van der Waals surface area contributed by atoms with Gasteiger partial charge in [-0.25, -0.2) is 9.78 Å². The van der Waals surface area contributed by atoms with E-state index in [1.165, 1.54) is 60.7 Å². The van der Waals surface area contributed by atoms with Crippen LogP contribution in [-0.2, 0) is 6.18 Å². The van der Waals surface area contributed by atoms with Crippen molar-refractivity contribution in [3.8, 4) is 11.3 Å². The van der Waals surface area contributed by atoms with Gasteiger partial charge < -0.3 is 10.6 Å². The molecule has 2 N–H and O–H groups in total. The highest BCUT2D eigenvalue weighted by Crippen LogP contribution is 2.37. The van der Waals surface area contributed by atoms with E-state index in [4.69, 9.17) is 0 Å². The van der Waals surface area contributed by atoms with Crippen LogP contribution in [0.4, 0.5) is 35.0 Å². The van der Waals surface area contributed by atoms with Crippen LogP contribution in [0.2, 0.25) is 0 Å². The number of urea groups is 1. The number of rotatable bonds is 6. The number of carbonyl (C=O) groups is 2. The van der Waals surface area contributed by atoms with Gasteiger partial charge >= 0.3 is 12.2 Å². The molecular formula is C30H19F3N4O4. The van der Waals surface area contributed by atoms with Gasteiger partial charge in [0.25, 0.3) is 5.69 Å². The average Bonchev–Trinajstić information content (AvgIpc) is 2.96. The summed E-state index contributed by atoms with van der Waals surface area (Å²) >= 11 is 0. The molecule has 0 saturated carbocycles. The minimum atomic E-state index is -4.68. The maximum Gasteiger partial charge on any atom is 0.418 e. The van der Waals surface area contributed by atoms with Crippen LogP contribution >= 0.6 is 0 Å². The number of nitrogens with one attached hydrogen (secondary N) is 2. The fraction of sp³-hybridized carbons (Fsp3) is 0.0333. The normalized spacial score (nSPS) is 11.2. The number of para-hydroxylation sites is 3. The number of benzene rings is 4. The molecule has 0 radical (unpaired) electrons. The van der Waals surface area contributed by atoms with Gasteiger partial charge in [-0.1, -0.05) is 66.7 Å². The molecule has 0 aliphatic rings. The Balaban J connectivity index is 1.57. The lowest BCUT2D eigenvalue weighted by atomic mass is 9.95. The molecule has 5 aromatic rings. The molecule has 4 aromatic carbocycles. The number of nitro benzene ring substituents is 1. The van der Waals surface area contributed by atoms with Crippen LogP contribution in [0.15, 0.2) is 103 Å². The Labute approximate surface area is 230 Å². The Morgan fingerprint density at radius 1 is 0.805 bits per heavy atom. The van der Waals surface area contributed by atoms with Crippen LogP contribution in [0.1, 0.15) is 21.5 Å². The number of nitro groups is 1. The molecule has 0 spiro atoms. The summed E-state index contributed by atoms with van der Waals surface area (Å²) in [4.78, 5) is 41.1. The first-order chi connectivity index (χ1) is 19.6. The average molecular weight is 557 g/mol. The van der Waals surface area contributed by atoms with Crippen molar-refractivity contribution in [3.05, 3.63) is 130 Å². The summed E-state index contributed by atoms with van der Waals surface area (Å²) in [6.45, 7) is 0. The molecule has 0 aliphatic heterocycles. The highest BCUT2D eigenvalue weighted by molar-refractivity contribution is 6.14. The van der Waals surface area contributed by atoms with Crippen LogP contribution in [0, 0.1) is 10.1 Å². The van der Waals surface area contributed by atoms with E-state index in [1.807, 2.05) is 0 Å². The number of aromatic nitrogens is 1. The van der Waals surface area contributed by atoms with Gasteiger partial charge in [0.1, 0.15) is 5.69 Å². The van der Waals surface area contributed by atoms with E-state index in [0.717, 1.165) is 6.07 Å². The van der Waals surface area contributed by atoms with Gasteiger partial charge in [-0.2, -0.15) is 13.2 Å². The number of amides is 2. The number of ketones is 1. The fourth-order valence-electron chi connectivity index (χ4n) is 4.33. The molecule has 41 heavy (non-hydrogen) atoms. The smallest absolute Gasteiger partial charge is 0.308 e. The van der Waals surface area contributed by atoms with Crippen LogP contribution in [0.25, 0.3) is 22.2 Å². The van der Waals surface area contributed by atoms with E-state index >= 15 is 0 Å². The molecule has 0 saturated heterocycles. The fourth-order valence-corrected chi connectivity index (χ4v) is 4.33. The van der Waals surface area contributed by atoms with Crippen molar-refractivity contribution in [2.45, 2.75) is 6.18 Å². The second-order valence-electron chi connectivity index (χ2n) is 8.89. The minimum Gasteiger partial charge on any atom is -0.308 e. The SMILES string of the molecule is O=C(Nc1cccc(-c2nc3c(C(F)(F)F)cccc3cc2C(=O)c2ccccc2)c1)Nc1ccccc1[N+](=O)[O-]. The highest BCUT2D eigenvalue weighted by Gasteiger charge is 2.34. The summed E-state index contributed by atoms with van der Waals surface area (Å²) in [5.74, 6) is -0.445. The first kappa shape index (κ1) is 27.0. The van der Waals surface area contributed by atoms with E-state index in [-0.39, 0.29) is 44.8 Å². The molecule has 1 heterocycles. The van der Waals surface area contributed by atoms with Gasteiger partial charge in [-0.3, -0.25) is 14.9 Å². The Bertz CT molecular complexity index is 1810. The van der Waals surface area contributed by atoms with Crippen LogP contribution in [-0.4, -0.2) is 21.7 Å². The van der Waals surface area contributed by atoms with E-state index in [1.54, 1.807) is 36.4 Å². The first-order valence-corrected chi connectivity index (χ1v) is 12.1. The number of hydrogen-bond acceptors (Lipinski definition) is 5. The molecule has 8 nitrogen and oxygen atoms in total. The standard InChI is InChI=1S/C30H19F3N4O4/c31-30(32,33)23-13-7-11-20-17-22(28(38)18-8-2-1-3-9-18)26(36-27(20)23)19-10-6-12-21(16-19)34-29(39)35-24-14-4-5-15-25(24)37(40)41/h1-17H,(H2,34,35,39). The van der Waals surface area contributed by atoms with Gasteiger partial charge in [-0.15, -0.1) is 0 Å². The number of anilines is 2. The highest BCUT2D eigenvalue weighted by atomic mass is 19.4. The third kappa shape index (κ3) is 5.74. The Morgan fingerprint density at radius 3 is 2.24 bits per heavy atom. The van der Waals surface area contributed by atoms with Crippen molar-refractivity contribution in [1.29, 1.82) is 0 Å². The van der Waals surface area contributed by atoms with Crippen molar-refractivity contribution < 1.29 is 27.7 Å². The van der Waals surface area contributed by atoms with Crippen molar-refractivity contribution in [3.63, 3.8) is 0 Å². The first-order valence-electron chi connectivity index (χ1n) is 12.1. The number of nitrogens with zero attached hydrogens (tertiary/aromatic N) is 2. The number of hydrogen-bond donors (Lipinski definition) is 2. The van der Waals surface area contributed by atoms with Gasteiger partial charge in [0, 0.05) is 33.8 Å². The van der Waals surface area contributed by atoms with Gasteiger partial charge in [0.05, 0.1) is 21.7 Å². The van der Waals surface area contributed by atoms with Crippen LogP contribution in [0.5, 0.6) is 0 Å². The second kappa shape index (κ2) is 10.9. The maximum absolute atomic E-state index is 13.8. The van der Waals surface area contributed by atoms with E-state index < -0.39 is 28.5 Å². The lowest BCUT2D eigenvalue weighted by Gasteiger charge is -2.15. The summed E-state index contributed by atoms with van der Waals surface area (Å²) in [5.41, 5.74) is -0.746. The zero-order valence-corrected chi connectivity index (χ0v) is 21.0. The molecule has 5 rings (SSSR count). The molecule has 0 atom stereocenters. The van der Waals surface area contributed by atoms with Gasteiger partial charge in [0.15, 0.2) is 5.78 Å². The number of halogens is 3. The quantitative estimate of drug-likeness (QED) is 0.126. The lowest BCUT2D eigenvalue weighted by Crippen LogP contribution is -2.20. The molecule has 0 aliphatic carbocycles. The summed E-state index contributed by atoms with van der Waals surface area (Å²) < 4.78 is 41.5. The molecule has 204 valence electrons. The minimum absolute atomic E-state index is 0.00851. The second-order valence-corrected chi connectivity index (χ2v) is 8.89. The van der Waals surface area contributed by atoms with Gasteiger partial charge in [0.2, 0.25) is 0 Å². The van der Waals surface area contributed by atoms with Crippen molar-refractivity contribution in [2.75, 3.05) is 10.6 Å². The lowest BCUT2D eigenvalue weighted by molar-refractivity contribution is -0.383. The summed E-state index contributed by atoms with van der Waals surface area (Å²) in [5, 5.41) is 16.4. The zero-order valence-electron chi connectivity index (χ0n) is 21.0. The molecule has 11 heteroatoms. The predicted octanol–water partition coefficient (Wildman–Crippen LogP) is 7.70. The van der Waals surface area contributed by atoms with Gasteiger partial charge in [-0.05, 0) is 30.3 Å². The third-order valence-electron chi connectivity index (χ3n) is 6.17. The number of alkyl halides is 3. The third-order valence-corrected chi connectivity index (χ3v) is 6.17. The Morgan fingerprint density at radius 2 is 1.51 bits per heavy atom. The molecule has 1 aromatic heterocycles. The summed E-state index contributed by atoms with van der Waals surface area (Å²) in [7, 11) is 0. The van der Waals surface area contributed by atoms with Crippen molar-refractivity contribution in [2.24, 2.45) is 0 Å². The largest absolute Gasteiger partial charge is 0.418 e. The molecule has 0 fully saturated rings. The molecular weight excluding hydrogens is 537 g/mol. The zero-order chi connectivity index (χ0) is 29.1. The van der Waals surface area contributed by atoms with Crippen molar-refractivity contribution >= 4 is 39.8 Å². The van der Waals surface area contributed by atoms with Crippen molar-refractivity contribution in [1.82, 2.24) is 4.98 Å². The van der Waals surface area contributed by atoms with E-state index in [2.05, 4.69) is 15.6 Å². The molecule has 0 unspecified atom stereocenters. The Hall–Kier alpha value is -5.58. The maximum atomic E-state index is 13.8. The van der Waals surface area contributed by atoms with E-state index in [9.17, 15) is 32.9 Å². The summed E-state index contributed by atoms with van der Waals surface area (Å²) in [6.07, 6.45) is -4.68. The predicted molar refractivity (Wildman–Crippen MR) is 148 cm³/mol. The number of fused-ring (bicyclic) bond motifs is 1. The number of carbonyl (C=O) groups excluding carboxylic acids is 2. The van der Waals surface area contributed by atoms with Crippen LogP contribution in [0.3, 0.4) is 0 Å². The topological polar surface area (TPSA) is 114 Å². The summed E-state index contributed by atoms with van der Waals surface area (Å²) in [6, 6.07) is 24.1. The van der Waals surface area contributed by atoms with Crippen LogP contribution < -0.4 is 10.6 Å². The monoisotopic (exact) mass is 556 g/mol.